The summed E-state index contributed by atoms with van der Waals surface area (Å²) in [7, 11) is 1.84. The lowest BCUT2D eigenvalue weighted by molar-refractivity contribution is -0.664. The number of aryl methyl sites for hydroxylation is 2. The maximum absolute atomic E-state index is 13.2. The average molecular weight is 401 g/mol. The molecule has 6 nitrogen and oxygen atoms in total. The van der Waals surface area contributed by atoms with Gasteiger partial charge in [0.1, 0.15) is 0 Å². The lowest BCUT2D eigenvalue weighted by Crippen LogP contribution is -2.42. The summed E-state index contributed by atoms with van der Waals surface area (Å²) in [5.41, 5.74) is 3.94. The van der Waals surface area contributed by atoms with Crippen LogP contribution in [0.2, 0.25) is 0 Å². The van der Waals surface area contributed by atoms with Crippen molar-refractivity contribution >= 4 is 22.7 Å². The molecule has 0 spiro atoms. The lowest BCUT2D eigenvalue weighted by atomic mass is 10.1. The van der Waals surface area contributed by atoms with Gasteiger partial charge in [0.25, 0.3) is 11.5 Å². The number of carbonyl (C=O) groups is 2. The Morgan fingerprint density at radius 3 is 2.33 bits per heavy atom. The highest BCUT2D eigenvalue weighted by Gasteiger charge is 2.27. The minimum absolute atomic E-state index is 0.0673. The van der Waals surface area contributed by atoms with Crippen molar-refractivity contribution in [3.8, 4) is 0 Å². The Labute approximate surface area is 175 Å². The van der Waals surface area contributed by atoms with Crippen molar-refractivity contribution in [3.05, 3.63) is 95.7 Å². The molecule has 0 saturated carbocycles. The standard InChI is InChI=1S/C22H20N3O.C2H4O2/c1-16-14-20(21(26)22-23-12-13-24(22)2)25(15-17-8-4-3-5-9-17)19-11-7-6-10-18(16)19;1-2(3)4/h3-14H,15H2,1-2H3;1H3,(H,3,4)/q+1;/p-1. The van der Waals surface area contributed by atoms with Gasteiger partial charge >= 0.3 is 0 Å². The maximum atomic E-state index is 13.2. The molecule has 2 aromatic heterocycles. The van der Waals surface area contributed by atoms with Gasteiger partial charge in [-0.1, -0.05) is 42.5 Å². The van der Waals surface area contributed by atoms with Crippen molar-refractivity contribution in [2.75, 3.05) is 0 Å². The number of nitrogens with zero attached hydrogens (tertiary/aromatic N) is 3. The number of pyridine rings is 1. The van der Waals surface area contributed by atoms with E-state index < -0.39 is 5.97 Å². The number of fused-ring (bicyclic) bond motifs is 1. The van der Waals surface area contributed by atoms with Gasteiger partial charge in [0, 0.05) is 48.5 Å². The molecule has 4 rings (SSSR count). The summed E-state index contributed by atoms with van der Waals surface area (Å²) in [5.74, 6) is -0.705. The van der Waals surface area contributed by atoms with Crippen LogP contribution in [0.25, 0.3) is 10.9 Å². The van der Waals surface area contributed by atoms with Crippen LogP contribution in [0.15, 0.2) is 73.1 Å². The molecule has 0 saturated heterocycles. The number of hydrogen-bond donors (Lipinski definition) is 0. The molecule has 2 aromatic carbocycles. The Hall–Kier alpha value is -3.80. The smallest absolute Gasteiger partial charge is 0.292 e. The normalized spacial score (nSPS) is 10.4. The molecule has 0 radical (unpaired) electrons. The molecule has 30 heavy (non-hydrogen) atoms. The van der Waals surface area contributed by atoms with Crippen molar-refractivity contribution < 1.29 is 19.3 Å². The van der Waals surface area contributed by atoms with Crippen LogP contribution in [0.4, 0.5) is 0 Å². The van der Waals surface area contributed by atoms with Gasteiger partial charge in [0.2, 0.25) is 5.52 Å². The van der Waals surface area contributed by atoms with Crippen LogP contribution >= 0.6 is 0 Å². The largest absolute Gasteiger partial charge is 0.550 e. The van der Waals surface area contributed by atoms with Crippen LogP contribution < -0.4 is 9.67 Å². The zero-order valence-corrected chi connectivity index (χ0v) is 17.2. The lowest BCUT2D eigenvalue weighted by Gasteiger charge is -2.09. The highest BCUT2D eigenvalue weighted by molar-refractivity contribution is 6.05. The van der Waals surface area contributed by atoms with Crippen LogP contribution in [0.1, 0.15) is 34.4 Å². The van der Waals surface area contributed by atoms with Gasteiger partial charge in [-0.25, -0.2) is 4.98 Å². The van der Waals surface area contributed by atoms with Crippen LogP contribution in [0.3, 0.4) is 0 Å². The number of imidazole rings is 1. The van der Waals surface area contributed by atoms with E-state index in [1.54, 1.807) is 17.0 Å². The third-order valence-electron chi connectivity index (χ3n) is 4.70. The summed E-state index contributed by atoms with van der Waals surface area (Å²) in [6, 6.07) is 20.4. The Bertz CT molecular complexity index is 1190. The van der Waals surface area contributed by atoms with Gasteiger partial charge in [0.15, 0.2) is 12.4 Å². The first kappa shape index (κ1) is 20.9. The molecule has 0 amide bonds. The van der Waals surface area contributed by atoms with Crippen molar-refractivity contribution in [2.45, 2.75) is 20.4 Å². The van der Waals surface area contributed by atoms with E-state index in [2.05, 4.69) is 33.8 Å². The third-order valence-corrected chi connectivity index (χ3v) is 4.70. The molecule has 4 aromatic rings. The zero-order valence-electron chi connectivity index (χ0n) is 17.2. The Morgan fingerprint density at radius 1 is 1.07 bits per heavy atom. The summed E-state index contributed by atoms with van der Waals surface area (Å²) >= 11 is 0. The van der Waals surface area contributed by atoms with E-state index in [4.69, 9.17) is 9.90 Å². The van der Waals surface area contributed by atoms with Gasteiger partial charge in [-0.3, -0.25) is 4.79 Å². The Balaban J connectivity index is 0.000000589. The van der Waals surface area contributed by atoms with Crippen LogP contribution in [0, 0.1) is 6.92 Å². The highest BCUT2D eigenvalue weighted by atomic mass is 16.4. The number of carboxylic acids is 1. The molecular formula is C24H23N3O3. The molecule has 0 N–H and O–H groups in total. The van der Waals surface area contributed by atoms with Crippen LogP contribution in [0.5, 0.6) is 0 Å². The van der Waals surface area contributed by atoms with E-state index in [-0.39, 0.29) is 5.78 Å². The van der Waals surface area contributed by atoms with Crippen molar-refractivity contribution in [3.63, 3.8) is 0 Å². The monoisotopic (exact) mass is 401 g/mol. The minimum atomic E-state index is -1.08. The first-order valence-electron chi connectivity index (χ1n) is 9.54. The molecule has 0 unspecified atom stereocenters. The first-order chi connectivity index (χ1) is 14.4. The quantitative estimate of drug-likeness (QED) is 0.388. The van der Waals surface area contributed by atoms with Gasteiger partial charge in [-0.2, -0.15) is 4.57 Å². The molecule has 0 bridgehead atoms. The van der Waals surface area contributed by atoms with E-state index in [0.717, 1.165) is 29.0 Å². The van der Waals surface area contributed by atoms with Crippen molar-refractivity contribution in [2.24, 2.45) is 7.05 Å². The Morgan fingerprint density at radius 2 is 1.70 bits per heavy atom. The third kappa shape index (κ3) is 4.60. The maximum Gasteiger partial charge on any atom is 0.292 e. The second-order valence-electron chi connectivity index (χ2n) is 6.98. The number of aromatic nitrogens is 3. The average Bonchev–Trinajstić information content (AvgIpc) is 3.16. The predicted molar refractivity (Wildman–Crippen MR) is 112 cm³/mol. The summed E-state index contributed by atoms with van der Waals surface area (Å²) in [5, 5.41) is 10.0. The number of ketones is 1. The van der Waals surface area contributed by atoms with Crippen molar-refractivity contribution in [1.82, 2.24) is 9.55 Å². The molecular weight excluding hydrogens is 378 g/mol. The van der Waals surface area contributed by atoms with Crippen LogP contribution in [-0.4, -0.2) is 21.3 Å². The number of aliphatic carboxylic acids is 1. The molecule has 0 aliphatic heterocycles. The SMILES string of the molecule is CC(=O)[O-].Cc1cc(C(=O)c2nccn2C)[n+](Cc2ccccc2)c2ccccc12. The van der Waals surface area contributed by atoms with E-state index in [1.807, 2.05) is 50.4 Å². The highest BCUT2D eigenvalue weighted by Crippen LogP contribution is 2.18. The van der Waals surface area contributed by atoms with E-state index in [9.17, 15) is 4.79 Å². The summed E-state index contributed by atoms with van der Waals surface area (Å²) in [4.78, 5) is 26.4. The zero-order chi connectivity index (χ0) is 21.7. The fraction of sp³-hybridized carbons (Fsp3) is 0.167. The molecule has 152 valence electrons. The van der Waals surface area contributed by atoms with Crippen LogP contribution in [-0.2, 0) is 18.4 Å². The molecule has 0 aliphatic carbocycles. The number of hydrogen-bond acceptors (Lipinski definition) is 4. The number of para-hydroxylation sites is 1. The molecule has 0 aliphatic rings. The van der Waals surface area contributed by atoms with E-state index in [0.29, 0.717) is 18.1 Å². The fourth-order valence-electron chi connectivity index (χ4n) is 3.36. The number of carboxylic acid groups (broad SMARTS) is 1. The van der Waals surface area contributed by atoms with Gasteiger partial charge < -0.3 is 14.5 Å². The van der Waals surface area contributed by atoms with Gasteiger partial charge in [0.05, 0.1) is 0 Å². The van der Waals surface area contributed by atoms with Crippen molar-refractivity contribution in [1.29, 1.82) is 0 Å². The number of rotatable bonds is 4. The summed E-state index contributed by atoms with van der Waals surface area (Å²) in [6.07, 6.45) is 3.45. The second-order valence-corrected chi connectivity index (χ2v) is 6.98. The number of benzene rings is 2. The fourth-order valence-corrected chi connectivity index (χ4v) is 3.36. The second kappa shape index (κ2) is 9.13. The molecule has 2 heterocycles. The van der Waals surface area contributed by atoms with Gasteiger partial charge in [-0.05, 0) is 25.5 Å². The Kier molecular flexibility index (Phi) is 6.37. The summed E-state index contributed by atoms with van der Waals surface area (Å²) in [6.45, 7) is 3.65. The summed E-state index contributed by atoms with van der Waals surface area (Å²) < 4.78 is 3.86. The van der Waals surface area contributed by atoms with E-state index in [1.165, 1.54) is 0 Å². The minimum Gasteiger partial charge on any atom is -0.550 e. The predicted octanol–water partition coefficient (Wildman–Crippen LogP) is 2.20. The van der Waals surface area contributed by atoms with E-state index >= 15 is 0 Å². The molecule has 0 atom stereocenters. The number of carbonyl (C=O) groups excluding carboxylic acids is 2. The van der Waals surface area contributed by atoms with Gasteiger partial charge in [-0.15, -0.1) is 0 Å². The topological polar surface area (TPSA) is 78.9 Å². The molecule has 6 heteroatoms. The molecule has 0 fully saturated rings. The first-order valence-corrected chi connectivity index (χ1v) is 9.54.